The Kier molecular flexibility index (Phi) is 5.27. The van der Waals surface area contributed by atoms with Gasteiger partial charge in [0, 0.05) is 42.1 Å². The number of nitrogens with zero attached hydrogens (tertiary/aromatic N) is 2. The highest BCUT2D eigenvalue weighted by molar-refractivity contribution is 9.10. The van der Waals surface area contributed by atoms with Crippen LogP contribution in [0.5, 0.6) is 0 Å². The van der Waals surface area contributed by atoms with Crippen LogP contribution >= 0.6 is 27.5 Å². The highest BCUT2D eigenvalue weighted by atomic mass is 79.9. The van der Waals surface area contributed by atoms with E-state index in [-0.39, 0.29) is 17.7 Å². The van der Waals surface area contributed by atoms with Crippen molar-refractivity contribution in [1.29, 1.82) is 0 Å². The first-order valence-corrected chi connectivity index (χ1v) is 8.10. The van der Waals surface area contributed by atoms with Crippen molar-refractivity contribution in [3.05, 3.63) is 33.3 Å². The molecule has 1 aliphatic heterocycles. The minimum Gasteiger partial charge on any atom is -0.339 e. The van der Waals surface area contributed by atoms with Crippen LogP contribution in [0.15, 0.2) is 22.7 Å². The van der Waals surface area contributed by atoms with Gasteiger partial charge in [-0.15, -0.1) is 0 Å². The second kappa shape index (κ2) is 6.79. The molecule has 2 amide bonds. The zero-order valence-electron chi connectivity index (χ0n) is 12.1. The summed E-state index contributed by atoms with van der Waals surface area (Å²) in [6.07, 6.45) is 0. The molecule has 0 saturated carbocycles. The highest BCUT2D eigenvalue weighted by Gasteiger charge is 2.26. The fourth-order valence-corrected chi connectivity index (χ4v) is 2.73. The molecule has 6 heteroatoms. The fraction of sp³-hybridized carbons (Fsp3) is 0.467. The number of halogens is 2. The van der Waals surface area contributed by atoms with Gasteiger partial charge in [-0.05, 0) is 34.1 Å². The lowest BCUT2D eigenvalue weighted by Crippen LogP contribution is -2.51. The maximum atomic E-state index is 12.4. The van der Waals surface area contributed by atoms with Gasteiger partial charge in [0.25, 0.3) is 5.91 Å². The normalized spacial score (nSPS) is 15.5. The van der Waals surface area contributed by atoms with Gasteiger partial charge in [-0.3, -0.25) is 9.59 Å². The van der Waals surface area contributed by atoms with Gasteiger partial charge in [0.05, 0.1) is 5.02 Å². The molecule has 1 fully saturated rings. The summed E-state index contributed by atoms with van der Waals surface area (Å²) in [5.74, 6) is 0.104. The molecule has 0 spiro atoms. The smallest absolute Gasteiger partial charge is 0.254 e. The molecule has 0 aliphatic carbocycles. The van der Waals surface area contributed by atoms with Crippen LogP contribution in [0.25, 0.3) is 0 Å². The monoisotopic (exact) mass is 372 g/mol. The Hall–Kier alpha value is -1.07. The predicted molar refractivity (Wildman–Crippen MR) is 86.5 cm³/mol. The van der Waals surface area contributed by atoms with E-state index < -0.39 is 0 Å². The minimum absolute atomic E-state index is 0.00229. The van der Waals surface area contributed by atoms with Gasteiger partial charge < -0.3 is 9.80 Å². The van der Waals surface area contributed by atoms with Crippen molar-refractivity contribution < 1.29 is 9.59 Å². The molecule has 1 heterocycles. The van der Waals surface area contributed by atoms with Crippen LogP contribution in [0.2, 0.25) is 5.02 Å². The summed E-state index contributed by atoms with van der Waals surface area (Å²) in [6.45, 7) is 6.09. The van der Waals surface area contributed by atoms with Gasteiger partial charge in [-0.2, -0.15) is 0 Å². The maximum absolute atomic E-state index is 12.4. The van der Waals surface area contributed by atoms with Crippen molar-refractivity contribution in [2.45, 2.75) is 13.8 Å². The van der Waals surface area contributed by atoms with E-state index in [2.05, 4.69) is 15.9 Å². The van der Waals surface area contributed by atoms with Gasteiger partial charge in [0.2, 0.25) is 5.91 Å². The van der Waals surface area contributed by atoms with Crippen molar-refractivity contribution in [3.8, 4) is 0 Å². The summed E-state index contributed by atoms with van der Waals surface area (Å²) < 4.78 is 0.771. The third kappa shape index (κ3) is 3.77. The van der Waals surface area contributed by atoms with Crippen LogP contribution in [0.1, 0.15) is 24.2 Å². The number of rotatable bonds is 2. The Bertz CT molecular complexity index is 555. The third-order valence-electron chi connectivity index (χ3n) is 3.54. The summed E-state index contributed by atoms with van der Waals surface area (Å²) in [4.78, 5) is 27.9. The van der Waals surface area contributed by atoms with Crippen LogP contribution in [0.3, 0.4) is 0 Å². The van der Waals surface area contributed by atoms with Crippen molar-refractivity contribution >= 4 is 39.3 Å². The number of piperazine rings is 1. The summed E-state index contributed by atoms with van der Waals surface area (Å²) in [5.41, 5.74) is 0.576. The Morgan fingerprint density at radius 3 is 2.24 bits per heavy atom. The molecule has 2 rings (SSSR count). The Morgan fingerprint density at radius 1 is 1.14 bits per heavy atom. The van der Waals surface area contributed by atoms with E-state index in [9.17, 15) is 9.59 Å². The fourth-order valence-electron chi connectivity index (χ4n) is 2.31. The molecule has 21 heavy (non-hydrogen) atoms. The van der Waals surface area contributed by atoms with E-state index in [0.717, 1.165) is 4.47 Å². The van der Waals surface area contributed by atoms with Crippen molar-refractivity contribution in [2.75, 3.05) is 26.2 Å². The van der Waals surface area contributed by atoms with E-state index in [0.29, 0.717) is 36.8 Å². The molecule has 0 radical (unpaired) electrons. The van der Waals surface area contributed by atoms with Crippen LogP contribution in [-0.2, 0) is 4.79 Å². The number of hydrogen-bond acceptors (Lipinski definition) is 2. The van der Waals surface area contributed by atoms with E-state index in [1.807, 2.05) is 18.7 Å². The minimum atomic E-state index is -0.0407. The predicted octanol–water partition coefficient (Wildman–Crippen LogP) is 3.04. The van der Waals surface area contributed by atoms with Gasteiger partial charge in [0.15, 0.2) is 0 Å². The van der Waals surface area contributed by atoms with Crippen LogP contribution < -0.4 is 0 Å². The first-order chi connectivity index (χ1) is 9.90. The zero-order valence-corrected chi connectivity index (χ0v) is 14.4. The highest BCUT2D eigenvalue weighted by Crippen LogP contribution is 2.24. The van der Waals surface area contributed by atoms with Gasteiger partial charge in [-0.25, -0.2) is 0 Å². The first kappa shape index (κ1) is 16.3. The SMILES string of the molecule is CC(C)C(=O)N1CCN(C(=O)c2ccc(Br)c(Cl)c2)CC1. The van der Waals surface area contributed by atoms with Crippen molar-refractivity contribution in [1.82, 2.24) is 9.80 Å². The number of carbonyl (C=O) groups excluding carboxylic acids is 2. The van der Waals surface area contributed by atoms with Crippen molar-refractivity contribution in [3.63, 3.8) is 0 Å². The Labute approximate surface area is 138 Å². The average Bonchev–Trinajstić information content (AvgIpc) is 2.48. The van der Waals surface area contributed by atoms with E-state index in [4.69, 9.17) is 11.6 Å². The molecule has 1 aromatic carbocycles. The Morgan fingerprint density at radius 2 is 1.71 bits per heavy atom. The lowest BCUT2D eigenvalue weighted by Gasteiger charge is -2.35. The maximum Gasteiger partial charge on any atom is 0.254 e. The van der Waals surface area contributed by atoms with Gasteiger partial charge >= 0.3 is 0 Å². The number of benzene rings is 1. The second-order valence-electron chi connectivity index (χ2n) is 5.40. The molecule has 0 N–H and O–H groups in total. The molecular formula is C15H18BrClN2O2. The summed E-state index contributed by atoms with van der Waals surface area (Å²) in [7, 11) is 0. The van der Waals surface area contributed by atoms with E-state index in [1.165, 1.54) is 0 Å². The van der Waals surface area contributed by atoms with Crippen LogP contribution in [0, 0.1) is 5.92 Å². The standard InChI is InChI=1S/C15H18BrClN2O2/c1-10(2)14(20)18-5-7-19(8-6-18)15(21)11-3-4-12(16)13(17)9-11/h3-4,9-10H,5-8H2,1-2H3. The molecular weight excluding hydrogens is 356 g/mol. The van der Waals surface area contributed by atoms with Gasteiger partial charge in [0.1, 0.15) is 0 Å². The molecule has 0 aromatic heterocycles. The molecule has 1 saturated heterocycles. The number of amides is 2. The lowest BCUT2D eigenvalue weighted by molar-refractivity contribution is -0.135. The molecule has 4 nitrogen and oxygen atoms in total. The average molecular weight is 374 g/mol. The quantitative estimate of drug-likeness (QED) is 0.799. The second-order valence-corrected chi connectivity index (χ2v) is 6.66. The summed E-state index contributed by atoms with van der Waals surface area (Å²) >= 11 is 9.34. The molecule has 0 unspecified atom stereocenters. The van der Waals surface area contributed by atoms with E-state index >= 15 is 0 Å². The summed E-state index contributed by atoms with van der Waals surface area (Å²) in [5, 5.41) is 0.523. The zero-order chi connectivity index (χ0) is 15.6. The molecule has 1 aliphatic rings. The van der Waals surface area contributed by atoms with E-state index in [1.54, 1.807) is 23.1 Å². The number of hydrogen-bond donors (Lipinski definition) is 0. The van der Waals surface area contributed by atoms with Gasteiger partial charge in [-0.1, -0.05) is 25.4 Å². The van der Waals surface area contributed by atoms with Crippen LogP contribution in [0.4, 0.5) is 0 Å². The molecule has 0 atom stereocenters. The lowest BCUT2D eigenvalue weighted by atomic mass is 10.1. The number of carbonyl (C=O) groups is 2. The Balaban J connectivity index is 2.00. The van der Waals surface area contributed by atoms with Crippen LogP contribution in [-0.4, -0.2) is 47.8 Å². The molecule has 0 bridgehead atoms. The molecule has 1 aromatic rings. The molecule has 114 valence electrons. The third-order valence-corrected chi connectivity index (χ3v) is 4.77. The summed E-state index contributed by atoms with van der Waals surface area (Å²) in [6, 6.07) is 5.19. The largest absolute Gasteiger partial charge is 0.339 e. The van der Waals surface area contributed by atoms with Crippen molar-refractivity contribution in [2.24, 2.45) is 5.92 Å². The first-order valence-electron chi connectivity index (χ1n) is 6.93. The topological polar surface area (TPSA) is 40.6 Å².